The van der Waals surface area contributed by atoms with Crippen LogP contribution in [-0.4, -0.2) is 70.3 Å². The van der Waals surface area contributed by atoms with Crippen LogP contribution in [0.25, 0.3) is 0 Å². The zero-order chi connectivity index (χ0) is 21.7. The maximum Gasteiger partial charge on any atom is 0.242 e. The number of amides is 1. The number of rotatable bonds is 7. The van der Waals surface area contributed by atoms with Gasteiger partial charge in [0.05, 0.1) is 4.90 Å². The maximum absolute atomic E-state index is 12.5. The molecular formula is C22H30N4O3S. The Morgan fingerprint density at radius 1 is 1.03 bits per heavy atom. The molecule has 0 bridgehead atoms. The fourth-order valence-corrected chi connectivity index (χ4v) is 4.65. The molecule has 1 heterocycles. The van der Waals surface area contributed by atoms with Crippen LogP contribution in [-0.2, 0) is 14.8 Å². The van der Waals surface area contributed by atoms with Gasteiger partial charge in [-0.3, -0.25) is 9.69 Å². The van der Waals surface area contributed by atoms with E-state index >= 15 is 0 Å². The molecule has 3 rings (SSSR count). The molecule has 1 saturated heterocycles. The molecule has 7 nitrogen and oxygen atoms in total. The largest absolute Gasteiger partial charge is 0.369 e. The monoisotopic (exact) mass is 430 g/mol. The molecule has 2 aromatic rings. The Labute approximate surface area is 179 Å². The summed E-state index contributed by atoms with van der Waals surface area (Å²) in [5.41, 5.74) is 2.38. The number of anilines is 2. The number of benzene rings is 2. The molecular weight excluding hydrogens is 400 g/mol. The fourth-order valence-electron chi connectivity index (χ4n) is 3.50. The molecule has 1 aliphatic rings. The lowest BCUT2D eigenvalue weighted by Crippen LogP contribution is -2.47. The molecule has 0 aliphatic carbocycles. The van der Waals surface area contributed by atoms with Crippen LogP contribution in [0.1, 0.15) is 12.0 Å². The van der Waals surface area contributed by atoms with Crippen molar-refractivity contribution in [2.45, 2.75) is 18.2 Å². The Kier molecular flexibility index (Phi) is 7.12. The fraction of sp³-hybridized carbons (Fsp3) is 0.409. The highest BCUT2D eigenvalue weighted by Gasteiger charge is 2.21. The molecule has 30 heavy (non-hydrogen) atoms. The van der Waals surface area contributed by atoms with Crippen molar-refractivity contribution in [3.63, 3.8) is 0 Å². The minimum atomic E-state index is -3.55. The van der Waals surface area contributed by atoms with Crippen molar-refractivity contribution in [3.05, 3.63) is 54.1 Å². The van der Waals surface area contributed by atoms with E-state index < -0.39 is 10.0 Å². The Morgan fingerprint density at radius 2 is 1.70 bits per heavy atom. The van der Waals surface area contributed by atoms with Gasteiger partial charge in [0.15, 0.2) is 0 Å². The van der Waals surface area contributed by atoms with Crippen molar-refractivity contribution >= 4 is 27.3 Å². The van der Waals surface area contributed by atoms with E-state index in [1.165, 1.54) is 30.2 Å². The molecule has 8 heteroatoms. The van der Waals surface area contributed by atoms with Gasteiger partial charge in [0.25, 0.3) is 0 Å². The van der Waals surface area contributed by atoms with E-state index in [4.69, 9.17) is 0 Å². The standard InChI is InChI=1S/C22H30N4O3S/c1-18-9-10-19(17-21(18)30(28,29)24(2)3)23-22(27)11-12-25-13-15-26(16-14-25)20-7-5-4-6-8-20/h4-10,17H,11-16H2,1-3H3,(H,23,27). The van der Waals surface area contributed by atoms with E-state index in [1.807, 2.05) is 18.2 Å². The minimum absolute atomic E-state index is 0.113. The zero-order valence-corrected chi connectivity index (χ0v) is 18.7. The van der Waals surface area contributed by atoms with Crippen LogP contribution < -0.4 is 10.2 Å². The third-order valence-corrected chi connectivity index (χ3v) is 7.34. The summed E-state index contributed by atoms with van der Waals surface area (Å²) in [6.45, 7) is 6.14. The predicted octanol–water partition coefficient (Wildman–Crippen LogP) is 2.40. The second kappa shape index (κ2) is 9.59. The number of sulfonamides is 1. The SMILES string of the molecule is Cc1ccc(NC(=O)CCN2CCN(c3ccccc3)CC2)cc1S(=O)(=O)N(C)C. The van der Waals surface area contributed by atoms with Crippen LogP contribution >= 0.6 is 0 Å². The van der Waals surface area contributed by atoms with Crippen LogP contribution in [0.5, 0.6) is 0 Å². The lowest BCUT2D eigenvalue weighted by atomic mass is 10.2. The highest BCUT2D eigenvalue weighted by molar-refractivity contribution is 7.89. The Morgan fingerprint density at radius 3 is 2.33 bits per heavy atom. The molecule has 1 amide bonds. The number of hydrogen-bond acceptors (Lipinski definition) is 5. The van der Waals surface area contributed by atoms with Crippen LogP contribution in [0.2, 0.25) is 0 Å². The lowest BCUT2D eigenvalue weighted by Gasteiger charge is -2.36. The highest BCUT2D eigenvalue weighted by atomic mass is 32.2. The van der Waals surface area contributed by atoms with Gasteiger partial charge in [-0.1, -0.05) is 24.3 Å². The summed E-state index contributed by atoms with van der Waals surface area (Å²) < 4.78 is 26.1. The van der Waals surface area contributed by atoms with Gasteiger partial charge in [-0.25, -0.2) is 12.7 Å². The van der Waals surface area contributed by atoms with Crippen molar-refractivity contribution < 1.29 is 13.2 Å². The third-order valence-electron chi connectivity index (χ3n) is 5.38. The summed E-state index contributed by atoms with van der Waals surface area (Å²) in [6, 6.07) is 15.3. The normalized spacial score (nSPS) is 15.4. The summed E-state index contributed by atoms with van der Waals surface area (Å²) in [5, 5.41) is 2.84. The topological polar surface area (TPSA) is 73.0 Å². The Hall–Kier alpha value is -2.42. The second-order valence-corrected chi connectivity index (χ2v) is 9.85. The first-order chi connectivity index (χ1) is 14.3. The van der Waals surface area contributed by atoms with Crippen LogP contribution in [0.15, 0.2) is 53.4 Å². The Bertz CT molecular complexity index is 969. The van der Waals surface area contributed by atoms with Crippen molar-refractivity contribution in [1.29, 1.82) is 0 Å². The molecule has 0 radical (unpaired) electrons. The molecule has 2 aromatic carbocycles. The van der Waals surface area contributed by atoms with Gasteiger partial charge in [-0.05, 0) is 36.8 Å². The number of hydrogen-bond donors (Lipinski definition) is 1. The van der Waals surface area contributed by atoms with Crippen LogP contribution in [0, 0.1) is 6.92 Å². The number of piperazine rings is 1. The maximum atomic E-state index is 12.5. The number of nitrogens with one attached hydrogen (secondary N) is 1. The smallest absolute Gasteiger partial charge is 0.242 e. The molecule has 0 unspecified atom stereocenters. The molecule has 1 aliphatic heterocycles. The molecule has 1 fully saturated rings. The van der Waals surface area contributed by atoms with Gasteiger partial charge in [-0.2, -0.15) is 0 Å². The van der Waals surface area contributed by atoms with E-state index in [1.54, 1.807) is 19.1 Å². The Balaban J connectivity index is 1.51. The van der Waals surface area contributed by atoms with Gasteiger partial charge in [-0.15, -0.1) is 0 Å². The molecule has 0 atom stereocenters. The quantitative estimate of drug-likeness (QED) is 0.730. The molecule has 0 saturated carbocycles. The highest BCUT2D eigenvalue weighted by Crippen LogP contribution is 2.22. The van der Waals surface area contributed by atoms with E-state index in [0.717, 1.165) is 26.2 Å². The van der Waals surface area contributed by atoms with Gasteiger partial charge in [0, 0.05) is 64.6 Å². The van der Waals surface area contributed by atoms with Crippen LogP contribution in [0.3, 0.4) is 0 Å². The minimum Gasteiger partial charge on any atom is -0.369 e. The van der Waals surface area contributed by atoms with E-state index in [-0.39, 0.29) is 10.8 Å². The van der Waals surface area contributed by atoms with Crippen molar-refractivity contribution in [2.24, 2.45) is 0 Å². The van der Waals surface area contributed by atoms with Crippen molar-refractivity contribution in [2.75, 3.05) is 57.0 Å². The first-order valence-corrected chi connectivity index (χ1v) is 11.6. The summed E-state index contributed by atoms with van der Waals surface area (Å²) in [7, 11) is -0.559. The molecule has 1 N–H and O–H groups in total. The first-order valence-electron chi connectivity index (χ1n) is 10.1. The van der Waals surface area contributed by atoms with Crippen LogP contribution in [0.4, 0.5) is 11.4 Å². The average molecular weight is 431 g/mol. The molecule has 162 valence electrons. The molecule has 0 spiro atoms. The first kappa shape index (κ1) is 22.3. The predicted molar refractivity (Wildman–Crippen MR) is 120 cm³/mol. The number of carbonyl (C=O) groups is 1. The number of nitrogens with zero attached hydrogens (tertiary/aromatic N) is 3. The summed E-state index contributed by atoms with van der Waals surface area (Å²) in [4.78, 5) is 17.3. The average Bonchev–Trinajstić information content (AvgIpc) is 2.74. The van der Waals surface area contributed by atoms with E-state index in [2.05, 4.69) is 27.2 Å². The van der Waals surface area contributed by atoms with E-state index in [9.17, 15) is 13.2 Å². The van der Waals surface area contributed by atoms with Gasteiger partial charge in [0.1, 0.15) is 0 Å². The summed E-state index contributed by atoms with van der Waals surface area (Å²) in [5.74, 6) is -0.113. The van der Waals surface area contributed by atoms with Gasteiger partial charge >= 0.3 is 0 Å². The number of aryl methyl sites for hydroxylation is 1. The number of para-hydroxylation sites is 1. The second-order valence-electron chi connectivity index (χ2n) is 7.73. The summed E-state index contributed by atoms with van der Waals surface area (Å²) in [6.07, 6.45) is 0.370. The van der Waals surface area contributed by atoms with Gasteiger partial charge in [0.2, 0.25) is 15.9 Å². The van der Waals surface area contributed by atoms with E-state index in [0.29, 0.717) is 24.2 Å². The third kappa shape index (κ3) is 5.38. The van der Waals surface area contributed by atoms with Gasteiger partial charge < -0.3 is 10.2 Å². The number of carbonyl (C=O) groups excluding carboxylic acids is 1. The van der Waals surface area contributed by atoms with Crippen molar-refractivity contribution in [3.8, 4) is 0 Å². The summed E-state index contributed by atoms with van der Waals surface area (Å²) >= 11 is 0. The molecule has 0 aromatic heterocycles. The van der Waals surface area contributed by atoms with Crippen molar-refractivity contribution in [1.82, 2.24) is 9.21 Å². The lowest BCUT2D eigenvalue weighted by molar-refractivity contribution is -0.116. The zero-order valence-electron chi connectivity index (χ0n) is 17.8.